The molecule has 1 N–H and O–H groups in total. The second-order valence-electron chi connectivity index (χ2n) is 5.02. The summed E-state index contributed by atoms with van der Waals surface area (Å²) in [6.45, 7) is 9.53. The van der Waals surface area contributed by atoms with Crippen molar-refractivity contribution in [1.82, 2.24) is 14.9 Å². The molecule has 0 aliphatic carbocycles. The van der Waals surface area contributed by atoms with E-state index >= 15 is 0 Å². The van der Waals surface area contributed by atoms with Crippen molar-refractivity contribution in [2.45, 2.75) is 26.7 Å². The van der Waals surface area contributed by atoms with Gasteiger partial charge in [-0.3, -0.25) is 0 Å². The van der Waals surface area contributed by atoms with E-state index in [0.717, 1.165) is 31.2 Å². The van der Waals surface area contributed by atoms with Crippen LogP contribution in [0.15, 0.2) is 12.4 Å². The van der Waals surface area contributed by atoms with Gasteiger partial charge < -0.3 is 15.0 Å². The van der Waals surface area contributed by atoms with E-state index in [9.17, 15) is 0 Å². The van der Waals surface area contributed by atoms with Crippen molar-refractivity contribution in [3.8, 4) is 5.88 Å². The van der Waals surface area contributed by atoms with Crippen molar-refractivity contribution in [3.05, 3.63) is 12.4 Å². The highest BCUT2D eigenvalue weighted by Gasteiger charge is 2.20. The third kappa shape index (κ3) is 4.35. The van der Waals surface area contributed by atoms with Crippen molar-refractivity contribution in [2.75, 3.05) is 38.1 Å². The first-order valence-corrected chi connectivity index (χ1v) is 7.22. The molecular formula is C14H24N4O. The average Bonchev–Trinajstić information content (AvgIpc) is 2.91. The van der Waals surface area contributed by atoms with Gasteiger partial charge in [-0.25, -0.2) is 9.97 Å². The number of nitrogens with zero attached hydrogens (tertiary/aromatic N) is 3. The van der Waals surface area contributed by atoms with Gasteiger partial charge in [0, 0.05) is 19.2 Å². The van der Waals surface area contributed by atoms with Crippen LogP contribution in [0.5, 0.6) is 5.88 Å². The van der Waals surface area contributed by atoms with Crippen LogP contribution in [-0.4, -0.2) is 47.7 Å². The number of hydrogen-bond donors (Lipinski definition) is 1. The van der Waals surface area contributed by atoms with Crippen molar-refractivity contribution in [1.29, 1.82) is 0 Å². The molecule has 1 saturated heterocycles. The summed E-state index contributed by atoms with van der Waals surface area (Å²) >= 11 is 0. The van der Waals surface area contributed by atoms with Gasteiger partial charge in [0.1, 0.15) is 12.1 Å². The molecule has 106 valence electrons. The summed E-state index contributed by atoms with van der Waals surface area (Å²) < 4.78 is 5.50. The Morgan fingerprint density at radius 3 is 3.05 bits per heavy atom. The number of anilines is 1. The monoisotopic (exact) mass is 264 g/mol. The lowest BCUT2D eigenvalue weighted by Crippen LogP contribution is -2.22. The van der Waals surface area contributed by atoms with Gasteiger partial charge in [0.2, 0.25) is 5.88 Å². The Bertz CT molecular complexity index is 385. The molecule has 0 amide bonds. The normalized spacial score (nSPS) is 19.6. The number of ether oxygens (including phenoxy) is 1. The molecule has 5 nitrogen and oxygen atoms in total. The van der Waals surface area contributed by atoms with Gasteiger partial charge in [0.15, 0.2) is 0 Å². The molecule has 0 saturated carbocycles. The smallest absolute Gasteiger partial charge is 0.218 e. The van der Waals surface area contributed by atoms with Crippen molar-refractivity contribution >= 4 is 5.82 Å². The van der Waals surface area contributed by atoms with Crippen LogP contribution in [0.25, 0.3) is 0 Å². The van der Waals surface area contributed by atoms with Gasteiger partial charge in [0.05, 0.1) is 6.61 Å². The van der Waals surface area contributed by atoms with Gasteiger partial charge in [-0.2, -0.15) is 0 Å². The topological polar surface area (TPSA) is 50.3 Å². The van der Waals surface area contributed by atoms with E-state index in [4.69, 9.17) is 4.74 Å². The van der Waals surface area contributed by atoms with E-state index in [-0.39, 0.29) is 0 Å². The Kier molecular flexibility index (Phi) is 5.39. The Hall–Kier alpha value is -1.36. The molecule has 1 fully saturated rings. The molecule has 1 aliphatic rings. The standard InChI is InChI=1S/C14H24N4O/c1-3-7-19-14-8-13(16-11-17-14)15-9-12-5-6-18(4-2)10-12/h8,11-12H,3-7,9-10H2,1-2H3,(H,15,16,17). The highest BCUT2D eigenvalue weighted by molar-refractivity contribution is 5.37. The quantitative estimate of drug-likeness (QED) is 0.816. The summed E-state index contributed by atoms with van der Waals surface area (Å²) in [5, 5.41) is 3.39. The van der Waals surface area contributed by atoms with Gasteiger partial charge in [0.25, 0.3) is 0 Å². The lowest BCUT2D eigenvalue weighted by Gasteiger charge is -2.14. The molecule has 0 bridgehead atoms. The summed E-state index contributed by atoms with van der Waals surface area (Å²) in [5.74, 6) is 2.23. The molecule has 0 aromatic carbocycles. The maximum Gasteiger partial charge on any atom is 0.218 e. The van der Waals surface area contributed by atoms with Gasteiger partial charge in [-0.1, -0.05) is 13.8 Å². The molecule has 2 heterocycles. The summed E-state index contributed by atoms with van der Waals surface area (Å²) in [6.07, 6.45) is 3.81. The van der Waals surface area contributed by atoms with Crippen LogP contribution in [-0.2, 0) is 0 Å². The zero-order valence-corrected chi connectivity index (χ0v) is 11.9. The summed E-state index contributed by atoms with van der Waals surface area (Å²) in [7, 11) is 0. The molecular weight excluding hydrogens is 240 g/mol. The van der Waals surface area contributed by atoms with E-state index in [1.807, 2.05) is 6.07 Å². The fourth-order valence-corrected chi connectivity index (χ4v) is 2.34. The van der Waals surface area contributed by atoms with Crippen LogP contribution in [0.2, 0.25) is 0 Å². The predicted molar refractivity (Wildman–Crippen MR) is 76.5 cm³/mol. The number of rotatable bonds is 7. The van der Waals surface area contributed by atoms with E-state index in [1.165, 1.54) is 19.5 Å². The molecule has 5 heteroatoms. The summed E-state index contributed by atoms with van der Waals surface area (Å²) in [5.41, 5.74) is 0. The molecule has 1 aliphatic heterocycles. The minimum absolute atomic E-state index is 0.654. The van der Waals surface area contributed by atoms with E-state index in [0.29, 0.717) is 12.5 Å². The second-order valence-corrected chi connectivity index (χ2v) is 5.02. The summed E-state index contributed by atoms with van der Waals surface area (Å²) in [4.78, 5) is 10.8. The Morgan fingerprint density at radius 1 is 1.42 bits per heavy atom. The van der Waals surface area contributed by atoms with Gasteiger partial charge in [-0.15, -0.1) is 0 Å². The Morgan fingerprint density at radius 2 is 2.32 bits per heavy atom. The number of nitrogens with one attached hydrogen (secondary N) is 1. The maximum atomic E-state index is 5.50. The van der Waals surface area contributed by atoms with Crippen LogP contribution >= 0.6 is 0 Å². The minimum atomic E-state index is 0.654. The fourth-order valence-electron chi connectivity index (χ4n) is 2.34. The van der Waals surface area contributed by atoms with Gasteiger partial charge in [-0.05, 0) is 31.8 Å². The third-order valence-electron chi connectivity index (χ3n) is 3.49. The number of likely N-dealkylation sites (tertiary alicyclic amines) is 1. The van der Waals surface area contributed by atoms with E-state index in [2.05, 4.69) is 34.0 Å². The molecule has 1 unspecified atom stereocenters. The molecule has 2 rings (SSSR count). The van der Waals surface area contributed by atoms with Crippen LogP contribution in [0, 0.1) is 5.92 Å². The SMILES string of the molecule is CCCOc1cc(NCC2CCN(CC)C2)ncn1. The highest BCUT2D eigenvalue weighted by atomic mass is 16.5. The number of aromatic nitrogens is 2. The molecule has 19 heavy (non-hydrogen) atoms. The lowest BCUT2D eigenvalue weighted by molar-refractivity contribution is 0.305. The number of hydrogen-bond acceptors (Lipinski definition) is 5. The fraction of sp³-hybridized carbons (Fsp3) is 0.714. The van der Waals surface area contributed by atoms with Crippen molar-refractivity contribution < 1.29 is 4.74 Å². The van der Waals surface area contributed by atoms with Crippen LogP contribution in [0.3, 0.4) is 0 Å². The minimum Gasteiger partial charge on any atom is -0.478 e. The molecule has 0 spiro atoms. The van der Waals surface area contributed by atoms with E-state index in [1.54, 1.807) is 6.33 Å². The first kappa shape index (κ1) is 14.1. The average molecular weight is 264 g/mol. The zero-order chi connectivity index (χ0) is 13.5. The van der Waals surface area contributed by atoms with E-state index < -0.39 is 0 Å². The first-order chi connectivity index (χ1) is 9.31. The van der Waals surface area contributed by atoms with Crippen molar-refractivity contribution in [3.63, 3.8) is 0 Å². The molecule has 1 atom stereocenters. The molecule has 1 aromatic heterocycles. The maximum absolute atomic E-state index is 5.50. The highest BCUT2D eigenvalue weighted by Crippen LogP contribution is 2.17. The van der Waals surface area contributed by atoms with Crippen molar-refractivity contribution in [2.24, 2.45) is 5.92 Å². The Labute approximate surface area is 115 Å². The van der Waals surface area contributed by atoms with Crippen LogP contribution in [0.4, 0.5) is 5.82 Å². The Balaban J connectivity index is 1.79. The predicted octanol–water partition coefficient (Wildman–Crippen LogP) is 2.02. The van der Waals surface area contributed by atoms with Crippen LogP contribution < -0.4 is 10.1 Å². The third-order valence-corrected chi connectivity index (χ3v) is 3.49. The first-order valence-electron chi connectivity index (χ1n) is 7.22. The molecule has 1 aromatic rings. The summed E-state index contributed by atoms with van der Waals surface area (Å²) in [6, 6.07) is 1.88. The largest absolute Gasteiger partial charge is 0.478 e. The zero-order valence-electron chi connectivity index (χ0n) is 11.9. The molecule has 0 radical (unpaired) electrons. The van der Waals surface area contributed by atoms with Crippen LogP contribution in [0.1, 0.15) is 26.7 Å². The second kappa shape index (κ2) is 7.28. The lowest BCUT2D eigenvalue weighted by atomic mass is 10.1. The van der Waals surface area contributed by atoms with Gasteiger partial charge >= 0.3 is 0 Å².